The molecule has 0 radical (unpaired) electrons. The molecule has 5 nitrogen and oxygen atoms in total. The van der Waals surface area contributed by atoms with Crippen molar-refractivity contribution in [2.24, 2.45) is 5.41 Å². The standard InChI is InChI=1S/C17H15FO5/c1-2-17(8-9-17)16(20)23-15(12-14(19)21-11-10-18)22-13-6-4-3-5-7-13/h1,3-7,12H,8-11H2/b15-12-. The zero-order chi connectivity index (χ0) is 16.7. The van der Waals surface area contributed by atoms with E-state index in [1.807, 2.05) is 0 Å². The molecule has 0 aromatic heterocycles. The summed E-state index contributed by atoms with van der Waals surface area (Å²) in [5.41, 5.74) is -0.956. The van der Waals surface area contributed by atoms with Gasteiger partial charge in [-0.1, -0.05) is 24.1 Å². The minimum atomic E-state index is -0.956. The number of alkyl halides is 1. The highest BCUT2D eigenvalue weighted by molar-refractivity contribution is 5.86. The predicted octanol–water partition coefficient (Wildman–Crippen LogP) is 2.38. The van der Waals surface area contributed by atoms with Gasteiger partial charge >= 0.3 is 11.9 Å². The van der Waals surface area contributed by atoms with E-state index in [0.717, 1.165) is 6.08 Å². The lowest BCUT2D eigenvalue weighted by molar-refractivity contribution is -0.147. The molecule has 1 aliphatic carbocycles. The van der Waals surface area contributed by atoms with E-state index in [9.17, 15) is 14.0 Å². The zero-order valence-electron chi connectivity index (χ0n) is 12.3. The van der Waals surface area contributed by atoms with Gasteiger partial charge in [-0.05, 0) is 25.0 Å². The number of ether oxygens (including phenoxy) is 3. The van der Waals surface area contributed by atoms with Gasteiger partial charge in [0.2, 0.25) is 0 Å². The van der Waals surface area contributed by atoms with Gasteiger partial charge in [-0.25, -0.2) is 14.0 Å². The molecule has 0 amide bonds. The Bertz CT molecular complexity index is 641. The van der Waals surface area contributed by atoms with Crippen LogP contribution in [0.25, 0.3) is 0 Å². The number of terminal acetylenes is 1. The summed E-state index contributed by atoms with van der Waals surface area (Å²) in [6, 6.07) is 8.42. The Morgan fingerprint density at radius 2 is 2.00 bits per heavy atom. The van der Waals surface area contributed by atoms with Crippen molar-refractivity contribution < 1.29 is 28.2 Å². The number of carbonyl (C=O) groups excluding carboxylic acids is 2. The smallest absolute Gasteiger partial charge is 0.338 e. The fraction of sp³-hybridized carbons (Fsp3) is 0.294. The van der Waals surface area contributed by atoms with E-state index in [1.54, 1.807) is 30.3 Å². The van der Waals surface area contributed by atoms with Crippen LogP contribution in [0.4, 0.5) is 4.39 Å². The molecule has 1 aliphatic rings. The third kappa shape index (κ3) is 4.58. The average Bonchev–Trinajstić information content (AvgIpc) is 3.35. The van der Waals surface area contributed by atoms with Crippen LogP contribution in [-0.2, 0) is 19.1 Å². The first-order valence-corrected chi connectivity index (χ1v) is 6.97. The maximum absolute atomic E-state index is 12.1. The number of rotatable bonds is 7. The molecule has 120 valence electrons. The van der Waals surface area contributed by atoms with Crippen molar-refractivity contribution in [3.8, 4) is 18.1 Å². The number of carbonyl (C=O) groups is 2. The van der Waals surface area contributed by atoms with E-state index in [0.29, 0.717) is 18.6 Å². The van der Waals surface area contributed by atoms with Gasteiger partial charge in [0.05, 0.1) is 0 Å². The summed E-state index contributed by atoms with van der Waals surface area (Å²) in [6.07, 6.45) is 7.20. The highest BCUT2D eigenvalue weighted by Crippen LogP contribution is 2.46. The largest absolute Gasteiger partial charge is 0.460 e. The van der Waals surface area contributed by atoms with Crippen LogP contribution in [-0.4, -0.2) is 25.2 Å². The van der Waals surface area contributed by atoms with E-state index >= 15 is 0 Å². The van der Waals surface area contributed by atoms with Gasteiger partial charge in [0.15, 0.2) is 0 Å². The molecule has 0 atom stereocenters. The van der Waals surface area contributed by atoms with E-state index in [-0.39, 0.29) is 5.95 Å². The first-order valence-electron chi connectivity index (χ1n) is 6.97. The van der Waals surface area contributed by atoms with Crippen LogP contribution in [0.3, 0.4) is 0 Å². The van der Waals surface area contributed by atoms with E-state index < -0.39 is 30.6 Å². The van der Waals surface area contributed by atoms with Crippen molar-refractivity contribution in [2.75, 3.05) is 13.3 Å². The van der Waals surface area contributed by atoms with Gasteiger partial charge < -0.3 is 14.2 Å². The van der Waals surface area contributed by atoms with Gasteiger partial charge in [0.25, 0.3) is 5.95 Å². The number of hydrogen-bond acceptors (Lipinski definition) is 5. The van der Waals surface area contributed by atoms with Crippen molar-refractivity contribution in [1.82, 2.24) is 0 Å². The van der Waals surface area contributed by atoms with E-state index in [4.69, 9.17) is 15.9 Å². The van der Waals surface area contributed by atoms with Gasteiger partial charge in [0, 0.05) is 0 Å². The molecule has 0 spiro atoms. The van der Waals surface area contributed by atoms with Crippen LogP contribution in [0.2, 0.25) is 0 Å². The fourth-order valence-electron chi connectivity index (χ4n) is 1.68. The van der Waals surface area contributed by atoms with Crippen LogP contribution < -0.4 is 4.74 Å². The number of benzene rings is 1. The Labute approximate surface area is 133 Å². The maximum Gasteiger partial charge on any atom is 0.338 e. The molecule has 0 saturated heterocycles. The highest BCUT2D eigenvalue weighted by atomic mass is 19.1. The predicted molar refractivity (Wildman–Crippen MR) is 78.7 cm³/mol. The van der Waals surface area contributed by atoms with Crippen LogP contribution in [0.15, 0.2) is 42.4 Å². The summed E-state index contributed by atoms with van der Waals surface area (Å²) in [7, 11) is 0. The number of halogens is 1. The summed E-state index contributed by atoms with van der Waals surface area (Å²) in [4.78, 5) is 23.6. The molecule has 6 heteroatoms. The maximum atomic E-state index is 12.1. The number of hydrogen-bond donors (Lipinski definition) is 0. The molecule has 23 heavy (non-hydrogen) atoms. The molecule has 0 bridgehead atoms. The molecule has 2 rings (SSSR count). The Balaban J connectivity index is 2.11. The number of esters is 2. The average molecular weight is 318 g/mol. The minimum Gasteiger partial charge on any atom is -0.460 e. The second-order valence-corrected chi connectivity index (χ2v) is 4.85. The van der Waals surface area contributed by atoms with Gasteiger partial charge in [-0.3, -0.25) is 0 Å². The van der Waals surface area contributed by atoms with Gasteiger partial charge in [-0.15, -0.1) is 6.42 Å². The molecule has 1 fully saturated rings. The quantitative estimate of drug-likeness (QED) is 0.334. The lowest BCUT2D eigenvalue weighted by atomic mass is 10.1. The molecule has 1 aromatic rings. The molecule has 0 N–H and O–H groups in total. The SMILES string of the molecule is C#CC1(C(=O)O/C(=C\C(=O)OCCF)Oc2ccccc2)CC1. The van der Waals surface area contributed by atoms with Crippen molar-refractivity contribution in [3.63, 3.8) is 0 Å². The third-order valence-corrected chi connectivity index (χ3v) is 3.13. The molecule has 0 aliphatic heterocycles. The summed E-state index contributed by atoms with van der Waals surface area (Å²) in [6.45, 7) is -1.20. The molecular weight excluding hydrogens is 303 g/mol. The topological polar surface area (TPSA) is 61.8 Å². The molecule has 0 unspecified atom stereocenters. The lowest BCUT2D eigenvalue weighted by Crippen LogP contribution is -2.20. The normalized spacial score (nSPS) is 15.2. The fourth-order valence-corrected chi connectivity index (χ4v) is 1.68. The van der Waals surface area contributed by atoms with Crippen molar-refractivity contribution in [1.29, 1.82) is 0 Å². The summed E-state index contributed by atoms with van der Waals surface area (Å²) in [5, 5.41) is 0. The summed E-state index contributed by atoms with van der Waals surface area (Å²) >= 11 is 0. The lowest BCUT2D eigenvalue weighted by Gasteiger charge is -2.12. The Hall–Kier alpha value is -2.81. The van der Waals surface area contributed by atoms with Crippen LogP contribution >= 0.6 is 0 Å². The van der Waals surface area contributed by atoms with Crippen molar-refractivity contribution in [3.05, 3.63) is 42.4 Å². The Morgan fingerprint density at radius 3 is 2.57 bits per heavy atom. The monoisotopic (exact) mass is 318 g/mol. The summed E-state index contributed by atoms with van der Waals surface area (Å²) in [5.74, 6) is 0.825. The third-order valence-electron chi connectivity index (χ3n) is 3.13. The molecule has 0 heterocycles. The second kappa shape index (κ2) is 7.45. The molecular formula is C17H15FO5. The Kier molecular flexibility index (Phi) is 5.36. The Morgan fingerprint density at radius 1 is 1.30 bits per heavy atom. The van der Waals surface area contributed by atoms with Gasteiger partial charge in [0.1, 0.15) is 30.5 Å². The molecule has 1 aromatic carbocycles. The van der Waals surface area contributed by atoms with E-state index in [2.05, 4.69) is 10.7 Å². The van der Waals surface area contributed by atoms with Crippen molar-refractivity contribution in [2.45, 2.75) is 12.8 Å². The van der Waals surface area contributed by atoms with Gasteiger partial charge in [-0.2, -0.15) is 0 Å². The highest BCUT2D eigenvalue weighted by Gasteiger charge is 2.50. The van der Waals surface area contributed by atoms with Crippen molar-refractivity contribution >= 4 is 11.9 Å². The van der Waals surface area contributed by atoms with Crippen LogP contribution in [0.5, 0.6) is 5.75 Å². The second-order valence-electron chi connectivity index (χ2n) is 4.85. The first kappa shape index (κ1) is 16.6. The first-order chi connectivity index (χ1) is 11.1. The molecule has 1 saturated carbocycles. The van der Waals surface area contributed by atoms with E-state index in [1.165, 1.54) is 0 Å². The van der Waals surface area contributed by atoms with Crippen LogP contribution in [0.1, 0.15) is 12.8 Å². The minimum absolute atomic E-state index is 0.357. The summed E-state index contributed by atoms with van der Waals surface area (Å²) < 4.78 is 27.0. The zero-order valence-corrected chi connectivity index (χ0v) is 12.3. The van der Waals surface area contributed by atoms with Crippen LogP contribution in [0, 0.1) is 17.8 Å². The number of para-hydroxylation sites is 1.